The highest BCUT2D eigenvalue weighted by Crippen LogP contribution is 2.18. The predicted octanol–water partition coefficient (Wildman–Crippen LogP) is -0.209. The summed E-state index contributed by atoms with van der Waals surface area (Å²) >= 11 is 0. The van der Waals surface area contributed by atoms with E-state index in [0.717, 1.165) is 0 Å². The Hall–Kier alpha value is -2.00. The summed E-state index contributed by atoms with van der Waals surface area (Å²) < 4.78 is 24.2. The Morgan fingerprint density at radius 3 is 2.82 bits per heavy atom. The molecule has 2 heterocycles. The number of rotatable bonds is 5. The average Bonchev–Trinajstić information content (AvgIpc) is 2.94. The van der Waals surface area contributed by atoms with E-state index in [-0.39, 0.29) is 17.2 Å². The quantitative estimate of drug-likeness (QED) is 0.773. The number of carbonyl (C=O) groups is 2. The minimum atomic E-state index is -3.19. The maximum absolute atomic E-state index is 12.0. The first kappa shape index (κ1) is 16.4. The zero-order valence-electron chi connectivity index (χ0n) is 12.0. The molecule has 1 aromatic heterocycles. The van der Waals surface area contributed by atoms with Crippen LogP contribution in [0.15, 0.2) is 18.3 Å². The Bertz CT molecular complexity index is 689. The van der Waals surface area contributed by atoms with Crippen molar-refractivity contribution in [1.29, 1.82) is 0 Å². The molecular weight excluding hydrogens is 310 g/mol. The molecule has 0 aliphatic carbocycles. The molecule has 2 rings (SSSR count). The largest absolute Gasteiger partial charge is 0.477 e. The topological polar surface area (TPSA) is 117 Å². The summed E-state index contributed by atoms with van der Waals surface area (Å²) in [6.07, 6.45) is 3.11. The van der Waals surface area contributed by atoms with Crippen LogP contribution in [0.25, 0.3) is 0 Å². The smallest absolute Gasteiger partial charge is 0.354 e. The van der Waals surface area contributed by atoms with Gasteiger partial charge >= 0.3 is 5.97 Å². The summed E-state index contributed by atoms with van der Waals surface area (Å²) in [5.74, 6) is -1.55. The van der Waals surface area contributed by atoms with Gasteiger partial charge in [0.15, 0.2) is 0 Å². The lowest BCUT2D eigenvalue weighted by atomic mass is 10.1. The number of nitrogens with one attached hydrogen (secondary N) is 1. The molecule has 2 N–H and O–H groups in total. The molecule has 0 aromatic carbocycles. The second-order valence-electron chi connectivity index (χ2n) is 5.22. The third-order valence-corrected chi connectivity index (χ3v) is 4.78. The molecule has 0 saturated carbocycles. The molecule has 9 heteroatoms. The van der Waals surface area contributed by atoms with Gasteiger partial charge in [-0.05, 0) is 24.5 Å². The van der Waals surface area contributed by atoms with Crippen molar-refractivity contribution in [1.82, 2.24) is 14.6 Å². The van der Waals surface area contributed by atoms with Crippen LogP contribution in [0.2, 0.25) is 0 Å². The first-order valence-corrected chi connectivity index (χ1v) is 8.55. The second-order valence-corrected chi connectivity index (χ2v) is 7.20. The number of aromatic nitrogens is 1. The lowest BCUT2D eigenvalue weighted by Gasteiger charge is -2.14. The van der Waals surface area contributed by atoms with Crippen molar-refractivity contribution in [3.05, 3.63) is 29.6 Å². The first-order chi connectivity index (χ1) is 10.3. The van der Waals surface area contributed by atoms with Crippen molar-refractivity contribution < 1.29 is 23.1 Å². The van der Waals surface area contributed by atoms with Crippen LogP contribution in [0.4, 0.5) is 0 Å². The Morgan fingerprint density at radius 2 is 2.23 bits per heavy atom. The van der Waals surface area contributed by atoms with E-state index >= 15 is 0 Å². The Morgan fingerprint density at radius 1 is 1.50 bits per heavy atom. The van der Waals surface area contributed by atoms with Gasteiger partial charge in [-0.3, -0.25) is 4.79 Å². The van der Waals surface area contributed by atoms with Gasteiger partial charge in [-0.1, -0.05) is 0 Å². The van der Waals surface area contributed by atoms with Gasteiger partial charge < -0.3 is 10.4 Å². The van der Waals surface area contributed by atoms with Gasteiger partial charge in [0.25, 0.3) is 5.91 Å². The van der Waals surface area contributed by atoms with Crippen LogP contribution in [-0.2, 0) is 10.0 Å². The van der Waals surface area contributed by atoms with Crippen LogP contribution in [0, 0.1) is 5.92 Å². The molecule has 0 radical (unpaired) electrons. The fourth-order valence-corrected chi connectivity index (χ4v) is 3.21. The lowest BCUT2D eigenvalue weighted by molar-refractivity contribution is 0.0690. The van der Waals surface area contributed by atoms with Gasteiger partial charge in [0.05, 0.1) is 6.26 Å². The maximum atomic E-state index is 12.0. The predicted molar refractivity (Wildman–Crippen MR) is 78.1 cm³/mol. The average molecular weight is 327 g/mol. The van der Waals surface area contributed by atoms with Crippen molar-refractivity contribution in [3.8, 4) is 0 Å². The number of aromatic carboxylic acids is 1. The number of amides is 1. The molecule has 0 spiro atoms. The third kappa shape index (κ3) is 4.01. The first-order valence-electron chi connectivity index (χ1n) is 6.70. The Labute approximate surface area is 128 Å². The van der Waals surface area contributed by atoms with Crippen molar-refractivity contribution in [3.63, 3.8) is 0 Å². The van der Waals surface area contributed by atoms with E-state index in [9.17, 15) is 18.0 Å². The standard InChI is InChI=1S/C13H17N3O5S/c1-22(20,21)16-5-3-9(8-16)7-15-12(17)10-2-4-14-11(6-10)13(18)19/h2,4,6,9H,3,5,7-8H2,1H3,(H,15,17)(H,18,19). The van der Waals surface area contributed by atoms with Gasteiger partial charge in [-0.2, -0.15) is 0 Å². The van der Waals surface area contributed by atoms with E-state index in [1.54, 1.807) is 0 Å². The highest BCUT2D eigenvalue weighted by Gasteiger charge is 2.28. The number of pyridine rings is 1. The van der Waals surface area contributed by atoms with E-state index in [4.69, 9.17) is 5.11 Å². The van der Waals surface area contributed by atoms with E-state index in [1.165, 1.54) is 28.9 Å². The van der Waals surface area contributed by atoms with Gasteiger partial charge in [0, 0.05) is 31.4 Å². The lowest BCUT2D eigenvalue weighted by Crippen LogP contribution is -2.32. The molecule has 1 unspecified atom stereocenters. The monoisotopic (exact) mass is 327 g/mol. The van der Waals surface area contributed by atoms with Crippen LogP contribution >= 0.6 is 0 Å². The third-order valence-electron chi connectivity index (χ3n) is 3.51. The minimum absolute atomic E-state index is 0.0551. The molecule has 120 valence electrons. The molecule has 8 nitrogen and oxygen atoms in total. The normalized spacial score (nSPS) is 19.0. The zero-order valence-corrected chi connectivity index (χ0v) is 12.8. The molecule has 1 saturated heterocycles. The van der Waals surface area contributed by atoms with Gasteiger partial charge in [0.1, 0.15) is 5.69 Å². The van der Waals surface area contributed by atoms with Crippen LogP contribution in [-0.4, -0.2) is 60.6 Å². The molecule has 1 amide bonds. The van der Waals surface area contributed by atoms with Gasteiger partial charge in [-0.15, -0.1) is 0 Å². The molecule has 1 aliphatic heterocycles. The second kappa shape index (κ2) is 6.41. The molecule has 1 aliphatic rings. The number of hydrogen-bond donors (Lipinski definition) is 2. The maximum Gasteiger partial charge on any atom is 0.354 e. The summed E-state index contributed by atoms with van der Waals surface area (Å²) in [6, 6.07) is 2.63. The molecule has 1 aromatic rings. The molecule has 0 bridgehead atoms. The van der Waals surface area contributed by atoms with Gasteiger partial charge in [-0.25, -0.2) is 22.5 Å². The van der Waals surface area contributed by atoms with Crippen LogP contribution in [0.1, 0.15) is 27.3 Å². The summed E-state index contributed by atoms with van der Waals surface area (Å²) in [4.78, 5) is 26.5. The Kier molecular flexibility index (Phi) is 4.77. The van der Waals surface area contributed by atoms with Crippen molar-refractivity contribution in [2.24, 2.45) is 5.92 Å². The van der Waals surface area contributed by atoms with Crippen LogP contribution in [0.3, 0.4) is 0 Å². The fourth-order valence-electron chi connectivity index (χ4n) is 2.29. The van der Waals surface area contributed by atoms with Crippen molar-refractivity contribution >= 4 is 21.9 Å². The highest BCUT2D eigenvalue weighted by molar-refractivity contribution is 7.88. The number of hydrogen-bond acceptors (Lipinski definition) is 5. The number of carboxylic acids is 1. The van der Waals surface area contributed by atoms with Crippen LogP contribution < -0.4 is 5.32 Å². The minimum Gasteiger partial charge on any atom is -0.477 e. The number of nitrogens with zero attached hydrogens (tertiary/aromatic N) is 2. The van der Waals surface area contributed by atoms with Crippen molar-refractivity contribution in [2.45, 2.75) is 6.42 Å². The summed E-state index contributed by atoms with van der Waals surface area (Å²) in [7, 11) is -3.19. The molecular formula is C13H17N3O5S. The number of sulfonamides is 1. The molecule has 1 fully saturated rings. The fraction of sp³-hybridized carbons (Fsp3) is 0.462. The molecule has 22 heavy (non-hydrogen) atoms. The Balaban J connectivity index is 1.91. The van der Waals surface area contributed by atoms with E-state index in [0.29, 0.717) is 26.1 Å². The summed E-state index contributed by atoms with van der Waals surface area (Å²) in [5, 5.41) is 11.5. The summed E-state index contributed by atoms with van der Waals surface area (Å²) in [5.41, 5.74) is 0.0159. The SMILES string of the molecule is CS(=O)(=O)N1CCC(CNC(=O)c2ccnc(C(=O)O)c2)C1. The van der Waals surface area contributed by atoms with E-state index in [2.05, 4.69) is 10.3 Å². The van der Waals surface area contributed by atoms with E-state index in [1.807, 2.05) is 0 Å². The number of carboxylic acid groups (broad SMARTS) is 1. The van der Waals surface area contributed by atoms with Crippen LogP contribution in [0.5, 0.6) is 0 Å². The van der Waals surface area contributed by atoms with E-state index < -0.39 is 21.9 Å². The molecule has 1 atom stereocenters. The number of carbonyl (C=O) groups excluding carboxylic acids is 1. The van der Waals surface area contributed by atoms with Gasteiger partial charge in [0.2, 0.25) is 10.0 Å². The zero-order chi connectivity index (χ0) is 16.3. The van der Waals surface area contributed by atoms with Crippen molar-refractivity contribution in [2.75, 3.05) is 25.9 Å². The summed E-state index contributed by atoms with van der Waals surface area (Å²) in [6.45, 7) is 1.18. The highest BCUT2D eigenvalue weighted by atomic mass is 32.2.